The van der Waals surface area contributed by atoms with Crippen LogP contribution >= 0.6 is 0 Å². The average molecular weight is 529 g/mol. The number of benzene rings is 2. The number of hydrogen-bond acceptors (Lipinski definition) is 10. The monoisotopic (exact) mass is 528 g/mol. The van der Waals surface area contributed by atoms with Crippen molar-refractivity contribution in [3.63, 3.8) is 0 Å². The SMILES string of the molecule is CCOC(=O)C(=Cc1ccc(OC)cc1)C(=O)OCC.COC(=O)C(=Cc1ccc(OC)cc1)C(=O)OC. The lowest BCUT2D eigenvalue weighted by molar-refractivity contribution is -0.147. The molecule has 0 heterocycles. The minimum absolute atomic E-state index is 0.126. The Labute approximate surface area is 221 Å². The molecule has 0 aliphatic heterocycles. The largest absolute Gasteiger partial charge is 0.497 e. The molecular formula is C28H32O10. The highest BCUT2D eigenvalue weighted by Gasteiger charge is 2.21. The molecule has 0 radical (unpaired) electrons. The summed E-state index contributed by atoms with van der Waals surface area (Å²) in [5.74, 6) is -1.49. The Morgan fingerprint density at radius 3 is 1.13 bits per heavy atom. The number of methoxy groups -OCH3 is 4. The van der Waals surface area contributed by atoms with Crippen molar-refractivity contribution in [1.29, 1.82) is 0 Å². The summed E-state index contributed by atoms with van der Waals surface area (Å²) >= 11 is 0. The van der Waals surface area contributed by atoms with Crippen molar-refractivity contribution in [2.24, 2.45) is 0 Å². The van der Waals surface area contributed by atoms with Gasteiger partial charge in [0.2, 0.25) is 0 Å². The maximum Gasteiger partial charge on any atom is 0.345 e. The van der Waals surface area contributed by atoms with Crippen LogP contribution < -0.4 is 9.47 Å². The fraction of sp³-hybridized carbons (Fsp3) is 0.286. The number of carbonyl (C=O) groups excluding carboxylic acids is 4. The van der Waals surface area contributed by atoms with Crippen LogP contribution in [0.3, 0.4) is 0 Å². The third kappa shape index (κ3) is 10.2. The van der Waals surface area contributed by atoms with E-state index in [1.165, 1.54) is 26.4 Å². The molecule has 0 N–H and O–H groups in total. The summed E-state index contributed by atoms with van der Waals surface area (Å²) in [6.07, 6.45) is 2.84. The molecule has 0 atom stereocenters. The van der Waals surface area contributed by atoms with Crippen molar-refractivity contribution in [1.82, 2.24) is 0 Å². The van der Waals surface area contributed by atoms with E-state index < -0.39 is 23.9 Å². The molecular weight excluding hydrogens is 496 g/mol. The van der Waals surface area contributed by atoms with Crippen molar-refractivity contribution >= 4 is 36.0 Å². The number of ether oxygens (including phenoxy) is 6. The Kier molecular flexibility index (Phi) is 14.0. The normalized spacial score (nSPS) is 9.42. The second-order valence-corrected chi connectivity index (χ2v) is 7.09. The molecule has 2 rings (SSSR count). The van der Waals surface area contributed by atoms with Gasteiger partial charge in [0.1, 0.15) is 22.6 Å². The van der Waals surface area contributed by atoms with Gasteiger partial charge in [0.15, 0.2) is 0 Å². The van der Waals surface area contributed by atoms with Gasteiger partial charge < -0.3 is 28.4 Å². The van der Waals surface area contributed by atoms with Gasteiger partial charge in [-0.3, -0.25) is 0 Å². The molecule has 0 aliphatic carbocycles. The summed E-state index contributed by atoms with van der Waals surface area (Å²) in [4.78, 5) is 46.4. The molecule has 204 valence electrons. The van der Waals surface area contributed by atoms with E-state index in [1.54, 1.807) is 76.6 Å². The number of esters is 4. The van der Waals surface area contributed by atoms with E-state index in [9.17, 15) is 19.2 Å². The third-order valence-electron chi connectivity index (χ3n) is 4.65. The highest BCUT2D eigenvalue weighted by atomic mass is 16.6. The molecule has 10 nitrogen and oxygen atoms in total. The first kappa shape index (κ1) is 31.4. The van der Waals surface area contributed by atoms with Crippen LogP contribution in [0.1, 0.15) is 25.0 Å². The number of carbonyl (C=O) groups is 4. The molecule has 0 saturated carbocycles. The first-order valence-electron chi connectivity index (χ1n) is 11.5. The van der Waals surface area contributed by atoms with E-state index in [0.717, 1.165) is 0 Å². The molecule has 0 amide bonds. The topological polar surface area (TPSA) is 124 Å². The van der Waals surface area contributed by atoms with Gasteiger partial charge in [-0.1, -0.05) is 24.3 Å². The van der Waals surface area contributed by atoms with Crippen LogP contribution in [0.25, 0.3) is 12.2 Å². The van der Waals surface area contributed by atoms with Crippen LogP contribution in [0.15, 0.2) is 59.7 Å². The van der Waals surface area contributed by atoms with Crippen LogP contribution in [0, 0.1) is 0 Å². The Morgan fingerprint density at radius 1 is 0.553 bits per heavy atom. The van der Waals surface area contributed by atoms with E-state index in [1.807, 2.05) is 0 Å². The van der Waals surface area contributed by atoms with Crippen LogP contribution in [0.4, 0.5) is 0 Å². The van der Waals surface area contributed by atoms with Gasteiger partial charge in [-0.2, -0.15) is 0 Å². The standard InChI is InChI=1S/C15H18O5.C13H14O5/c1-4-19-14(16)13(15(17)20-5-2)10-11-6-8-12(18-3)9-7-11;1-16-10-6-4-9(5-7-10)8-11(12(14)17-2)13(15)18-3/h6-10H,4-5H2,1-3H3;4-8H,1-3H3. The molecule has 0 spiro atoms. The zero-order valence-electron chi connectivity index (χ0n) is 22.3. The van der Waals surface area contributed by atoms with Gasteiger partial charge in [-0.25, -0.2) is 19.2 Å². The fourth-order valence-corrected chi connectivity index (χ4v) is 2.77. The van der Waals surface area contributed by atoms with Crippen molar-refractivity contribution in [3.05, 3.63) is 70.8 Å². The quantitative estimate of drug-likeness (QED) is 0.148. The Morgan fingerprint density at radius 2 is 0.868 bits per heavy atom. The van der Waals surface area contributed by atoms with Gasteiger partial charge >= 0.3 is 23.9 Å². The van der Waals surface area contributed by atoms with Gasteiger partial charge in [0.05, 0.1) is 41.7 Å². The summed E-state index contributed by atoms with van der Waals surface area (Å²) in [6.45, 7) is 3.73. The zero-order chi connectivity index (χ0) is 28.5. The van der Waals surface area contributed by atoms with Gasteiger partial charge in [-0.15, -0.1) is 0 Å². The first-order chi connectivity index (χ1) is 18.2. The lowest BCUT2D eigenvalue weighted by Gasteiger charge is -2.07. The second-order valence-electron chi connectivity index (χ2n) is 7.09. The smallest absolute Gasteiger partial charge is 0.345 e. The summed E-state index contributed by atoms with van der Waals surface area (Å²) < 4.78 is 28.8. The van der Waals surface area contributed by atoms with Crippen molar-refractivity contribution in [3.8, 4) is 11.5 Å². The van der Waals surface area contributed by atoms with E-state index in [-0.39, 0.29) is 24.4 Å². The highest BCUT2D eigenvalue weighted by Crippen LogP contribution is 2.16. The van der Waals surface area contributed by atoms with E-state index in [0.29, 0.717) is 22.6 Å². The van der Waals surface area contributed by atoms with E-state index in [4.69, 9.17) is 18.9 Å². The fourth-order valence-electron chi connectivity index (χ4n) is 2.77. The van der Waals surface area contributed by atoms with Crippen molar-refractivity contribution in [2.45, 2.75) is 13.8 Å². The maximum atomic E-state index is 11.8. The Balaban J connectivity index is 0.000000382. The Bertz CT molecular complexity index is 1090. The molecule has 0 aliphatic rings. The minimum Gasteiger partial charge on any atom is -0.497 e. The number of hydrogen-bond donors (Lipinski definition) is 0. The average Bonchev–Trinajstić information content (AvgIpc) is 2.95. The van der Waals surface area contributed by atoms with Crippen molar-refractivity contribution < 1.29 is 47.6 Å². The Hall–Kier alpha value is -4.60. The molecule has 10 heteroatoms. The lowest BCUT2D eigenvalue weighted by atomic mass is 10.1. The molecule has 2 aromatic rings. The van der Waals surface area contributed by atoms with Crippen LogP contribution in [0.5, 0.6) is 11.5 Å². The summed E-state index contributed by atoms with van der Waals surface area (Å²) in [5.41, 5.74) is 1.06. The number of rotatable bonds is 10. The van der Waals surface area contributed by atoms with Gasteiger partial charge in [0.25, 0.3) is 0 Å². The predicted octanol–water partition coefficient (Wildman–Crippen LogP) is 3.63. The van der Waals surface area contributed by atoms with Crippen molar-refractivity contribution in [2.75, 3.05) is 41.7 Å². The van der Waals surface area contributed by atoms with Gasteiger partial charge in [0, 0.05) is 0 Å². The van der Waals surface area contributed by atoms with Crippen LogP contribution in [-0.4, -0.2) is 65.5 Å². The molecule has 38 heavy (non-hydrogen) atoms. The summed E-state index contributed by atoms with van der Waals surface area (Å²) in [6, 6.07) is 13.8. The molecule has 2 aromatic carbocycles. The molecule has 0 bridgehead atoms. The zero-order valence-corrected chi connectivity index (χ0v) is 22.3. The summed E-state index contributed by atoms with van der Waals surface area (Å²) in [5, 5.41) is 0. The lowest BCUT2D eigenvalue weighted by Crippen LogP contribution is -2.18. The minimum atomic E-state index is -0.738. The third-order valence-corrected chi connectivity index (χ3v) is 4.65. The highest BCUT2D eigenvalue weighted by molar-refractivity contribution is 6.18. The van der Waals surface area contributed by atoms with Crippen LogP contribution in [-0.2, 0) is 38.1 Å². The first-order valence-corrected chi connectivity index (χ1v) is 11.5. The maximum absolute atomic E-state index is 11.8. The predicted molar refractivity (Wildman–Crippen MR) is 139 cm³/mol. The molecule has 0 fully saturated rings. The van der Waals surface area contributed by atoms with Crippen LogP contribution in [0.2, 0.25) is 0 Å². The van der Waals surface area contributed by atoms with Gasteiger partial charge in [-0.05, 0) is 61.4 Å². The molecule has 0 saturated heterocycles. The second kappa shape index (κ2) is 17.0. The van der Waals surface area contributed by atoms with E-state index in [2.05, 4.69) is 9.47 Å². The molecule has 0 aromatic heterocycles. The molecule has 0 unspecified atom stereocenters. The van der Waals surface area contributed by atoms with E-state index >= 15 is 0 Å². The summed E-state index contributed by atoms with van der Waals surface area (Å²) in [7, 11) is 5.52.